The Morgan fingerprint density at radius 3 is 3.12 bits per heavy atom. The molecule has 0 saturated carbocycles. The SMILES string of the molecule is CCc1cnn(-c2ccnc3[nH]ccc23)c1. The summed E-state index contributed by atoms with van der Waals surface area (Å²) in [6, 6.07) is 3.99. The molecule has 3 heterocycles. The molecule has 3 aromatic heterocycles. The first-order valence-electron chi connectivity index (χ1n) is 5.34. The highest BCUT2D eigenvalue weighted by Gasteiger charge is 2.05. The minimum Gasteiger partial charge on any atom is -0.346 e. The van der Waals surface area contributed by atoms with Gasteiger partial charge in [-0.05, 0) is 24.1 Å². The number of aromatic nitrogens is 4. The van der Waals surface area contributed by atoms with Gasteiger partial charge in [0.1, 0.15) is 5.65 Å². The molecule has 0 aromatic carbocycles. The van der Waals surface area contributed by atoms with Gasteiger partial charge in [0, 0.05) is 24.0 Å². The minimum atomic E-state index is 0.894. The van der Waals surface area contributed by atoms with E-state index in [-0.39, 0.29) is 0 Å². The molecule has 3 aromatic rings. The van der Waals surface area contributed by atoms with Crippen LogP contribution in [0.4, 0.5) is 0 Å². The molecule has 0 amide bonds. The van der Waals surface area contributed by atoms with E-state index in [0.717, 1.165) is 23.1 Å². The van der Waals surface area contributed by atoms with Crippen LogP contribution < -0.4 is 0 Å². The zero-order valence-corrected chi connectivity index (χ0v) is 9.01. The normalized spacial score (nSPS) is 11.1. The largest absolute Gasteiger partial charge is 0.346 e. The number of hydrogen-bond donors (Lipinski definition) is 1. The predicted octanol–water partition coefficient (Wildman–Crippen LogP) is 2.31. The van der Waals surface area contributed by atoms with E-state index in [1.165, 1.54) is 5.56 Å². The van der Waals surface area contributed by atoms with Crippen molar-refractivity contribution in [2.45, 2.75) is 13.3 Å². The van der Waals surface area contributed by atoms with Gasteiger partial charge in [-0.3, -0.25) is 0 Å². The van der Waals surface area contributed by atoms with Crippen molar-refractivity contribution >= 4 is 11.0 Å². The summed E-state index contributed by atoms with van der Waals surface area (Å²) in [7, 11) is 0. The lowest BCUT2D eigenvalue weighted by Gasteiger charge is -2.01. The molecule has 16 heavy (non-hydrogen) atoms. The third-order valence-electron chi connectivity index (χ3n) is 2.73. The molecule has 4 heteroatoms. The predicted molar refractivity (Wildman–Crippen MR) is 62.6 cm³/mol. The Labute approximate surface area is 92.9 Å². The summed E-state index contributed by atoms with van der Waals surface area (Å²) in [6.07, 6.45) is 8.65. The van der Waals surface area contributed by atoms with Crippen molar-refractivity contribution in [1.82, 2.24) is 19.7 Å². The van der Waals surface area contributed by atoms with Gasteiger partial charge in [0.2, 0.25) is 0 Å². The molecule has 0 aliphatic heterocycles. The summed E-state index contributed by atoms with van der Waals surface area (Å²) >= 11 is 0. The highest BCUT2D eigenvalue weighted by atomic mass is 15.3. The molecule has 0 radical (unpaired) electrons. The van der Waals surface area contributed by atoms with Crippen molar-refractivity contribution in [3.8, 4) is 5.69 Å². The lowest BCUT2D eigenvalue weighted by atomic mass is 10.3. The molecule has 0 fully saturated rings. The molecule has 0 saturated heterocycles. The minimum absolute atomic E-state index is 0.894. The van der Waals surface area contributed by atoms with E-state index in [1.54, 1.807) is 6.20 Å². The summed E-state index contributed by atoms with van der Waals surface area (Å²) in [5, 5.41) is 5.45. The molecular formula is C12H12N4. The number of pyridine rings is 1. The molecule has 0 atom stereocenters. The molecule has 0 aliphatic rings. The van der Waals surface area contributed by atoms with Crippen LogP contribution >= 0.6 is 0 Å². The molecule has 3 rings (SSSR count). The van der Waals surface area contributed by atoms with Gasteiger partial charge in [-0.25, -0.2) is 9.67 Å². The summed E-state index contributed by atoms with van der Waals surface area (Å²) in [4.78, 5) is 7.36. The monoisotopic (exact) mass is 212 g/mol. The number of aryl methyl sites for hydroxylation is 1. The van der Waals surface area contributed by atoms with E-state index in [9.17, 15) is 0 Å². The number of nitrogens with zero attached hydrogens (tertiary/aromatic N) is 3. The fraction of sp³-hybridized carbons (Fsp3) is 0.167. The van der Waals surface area contributed by atoms with E-state index in [0.29, 0.717) is 0 Å². The lowest BCUT2D eigenvalue weighted by molar-refractivity contribution is 0.885. The van der Waals surface area contributed by atoms with Gasteiger partial charge in [-0.1, -0.05) is 6.92 Å². The van der Waals surface area contributed by atoms with Crippen LogP contribution in [0, 0.1) is 0 Å². The number of aromatic amines is 1. The van der Waals surface area contributed by atoms with Crippen molar-refractivity contribution in [2.75, 3.05) is 0 Å². The van der Waals surface area contributed by atoms with Gasteiger partial charge in [-0.15, -0.1) is 0 Å². The van der Waals surface area contributed by atoms with E-state index >= 15 is 0 Å². The Kier molecular flexibility index (Phi) is 1.99. The standard InChI is InChI=1S/C12H12N4/c1-2-9-7-15-16(8-9)11-4-6-14-12-10(11)3-5-13-12/h3-8H,2H2,1H3,(H,13,14). The fourth-order valence-corrected chi connectivity index (χ4v) is 1.82. The van der Waals surface area contributed by atoms with Crippen LogP contribution in [0.5, 0.6) is 0 Å². The van der Waals surface area contributed by atoms with Crippen molar-refractivity contribution in [3.05, 3.63) is 42.5 Å². The van der Waals surface area contributed by atoms with Crippen molar-refractivity contribution in [2.24, 2.45) is 0 Å². The quantitative estimate of drug-likeness (QED) is 0.708. The van der Waals surface area contributed by atoms with Gasteiger partial charge >= 0.3 is 0 Å². The molecular weight excluding hydrogens is 200 g/mol. The van der Waals surface area contributed by atoms with Gasteiger partial charge in [0.05, 0.1) is 11.9 Å². The van der Waals surface area contributed by atoms with E-state index < -0.39 is 0 Å². The average Bonchev–Trinajstić information content (AvgIpc) is 2.97. The van der Waals surface area contributed by atoms with Gasteiger partial charge in [-0.2, -0.15) is 5.10 Å². The van der Waals surface area contributed by atoms with Gasteiger partial charge in [0.15, 0.2) is 0 Å². The Morgan fingerprint density at radius 1 is 1.38 bits per heavy atom. The zero-order valence-electron chi connectivity index (χ0n) is 9.01. The Morgan fingerprint density at radius 2 is 2.31 bits per heavy atom. The highest BCUT2D eigenvalue weighted by molar-refractivity contribution is 5.84. The van der Waals surface area contributed by atoms with Crippen LogP contribution in [0.2, 0.25) is 0 Å². The van der Waals surface area contributed by atoms with Crippen LogP contribution in [0.25, 0.3) is 16.7 Å². The number of rotatable bonds is 2. The zero-order chi connectivity index (χ0) is 11.0. The third-order valence-corrected chi connectivity index (χ3v) is 2.73. The second kappa shape index (κ2) is 3.48. The molecule has 80 valence electrons. The number of nitrogens with one attached hydrogen (secondary N) is 1. The third kappa shape index (κ3) is 1.31. The lowest BCUT2D eigenvalue weighted by Crippen LogP contribution is -1.95. The molecule has 4 nitrogen and oxygen atoms in total. The van der Waals surface area contributed by atoms with Crippen LogP contribution in [0.1, 0.15) is 12.5 Å². The van der Waals surface area contributed by atoms with E-state index in [2.05, 4.69) is 28.2 Å². The maximum atomic E-state index is 4.36. The van der Waals surface area contributed by atoms with Gasteiger partial charge in [0.25, 0.3) is 0 Å². The molecule has 1 N–H and O–H groups in total. The maximum absolute atomic E-state index is 4.36. The number of hydrogen-bond acceptors (Lipinski definition) is 2. The second-order valence-electron chi connectivity index (χ2n) is 3.72. The smallest absolute Gasteiger partial charge is 0.139 e. The molecule has 0 bridgehead atoms. The maximum Gasteiger partial charge on any atom is 0.139 e. The van der Waals surface area contributed by atoms with E-state index in [4.69, 9.17) is 0 Å². The van der Waals surface area contributed by atoms with Crippen molar-refractivity contribution < 1.29 is 0 Å². The summed E-state index contributed by atoms with van der Waals surface area (Å²) in [5.41, 5.74) is 3.19. The number of H-pyrrole nitrogens is 1. The van der Waals surface area contributed by atoms with Gasteiger partial charge < -0.3 is 4.98 Å². The second-order valence-corrected chi connectivity index (χ2v) is 3.72. The number of fused-ring (bicyclic) bond motifs is 1. The van der Waals surface area contributed by atoms with Crippen molar-refractivity contribution in [3.63, 3.8) is 0 Å². The Balaban J connectivity index is 2.21. The van der Waals surface area contributed by atoms with Crippen molar-refractivity contribution in [1.29, 1.82) is 0 Å². The van der Waals surface area contributed by atoms with E-state index in [1.807, 2.05) is 29.2 Å². The Hall–Kier alpha value is -2.10. The van der Waals surface area contributed by atoms with Crippen LogP contribution in [-0.2, 0) is 6.42 Å². The highest BCUT2D eigenvalue weighted by Crippen LogP contribution is 2.19. The molecule has 0 spiro atoms. The topological polar surface area (TPSA) is 46.5 Å². The summed E-state index contributed by atoms with van der Waals surface area (Å²) in [5.74, 6) is 0. The fourth-order valence-electron chi connectivity index (χ4n) is 1.82. The summed E-state index contributed by atoms with van der Waals surface area (Å²) in [6.45, 7) is 2.12. The van der Waals surface area contributed by atoms with Crippen LogP contribution in [0.3, 0.4) is 0 Å². The first-order valence-corrected chi connectivity index (χ1v) is 5.34. The molecule has 0 unspecified atom stereocenters. The summed E-state index contributed by atoms with van der Waals surface area (Å²) < 4.78 is 1.90. The average molecular weight is 212 g/mol. The first-order chi connectivity index (χ1) is 7.88. The Bertz CT molecular complexity index is 621. The van der Waals surface area contributed by atoms with Crippen LogP contribution in [0.15, 0.2) is 36.9 Å². The first kappa shape index (κ1) is 9.15. The van der Waals surface area contributed by atoms with Crippen LogP contribution in [-0.4, -0.2) is 19.7 Å². The molecule has 0 aliphatic carbocycles.